The van der Waals surface area contributed by atoms with E-state index in [0.29, 0.717) is 18.0 Å². The van der Waals surface area contributed by atoms with Gasteiger partial charge >= 0.3 is 0 Å². The normalized spacial score (nSPS) is 23.9. The Morgan fingerprint density at radius 1 is 1.12 bits per heavy atom. The first-order chi connectivity index (χ1) is 7.43. The number of carbonyl (C=O) groups excluding carboxylic acids is 1. The summed E-state index contributed by atoms with van der Waals surface area (Å²) in [6.07, 6.45) is 1.11. The average molecular weight is 226 g/mol. The lowest BCUT2D eigenvalue weighted by molar-refractivity contribution is -0.128. The Morgan fingerprint density at radius 2 is 1.75 bits per heavy atom. The number of carbonyl (C=O) groups is 1. The Kier molecular flexibility index (Phi) is 4.78. The molecule has 0 spiro atoms. The Morgan fingerprint density at radius 3 is 2.19 bits per heavy atom. The summed E-state index contributed by atoms with van der Waals surface area (Å²) in [7, 11) is 0. The van der Waals surface area contributed by atoms with E-state index in [2.05, 4.69) is 32.6 Å². The van der Waals surface area contributed by atoms with Crippen molar-refractivity contribution in [1.29, 1.82) is 0 Å². The van der Waals surface area contributed by atoms with Gasteiger partial charge in [-0.05, 0) is 26.2 Å². The van der Waals surface area contributed by atoms with Crippen molar-refractivity contribution in [2.24, 2.45) is 5.92 Å². The second-order valence-electron chi connectivity index (χ2n) is 5.44. The number of hydrogen-bond acceptors (Lipinski definition) is 2. The zero-order valence-electron chi connectivity index (χ0n) is 11.4. The molecular formula is C13H26N2O. The Hall–Kier alpha value is -0.570. The highest BCUT2D eigenvalue weighted by molar-refractivity contribution is 5.73. The molecule has 0 aromatic heterocycles. The maximum Gasteiger partial charge on any atom is 0.219 e. The molecule has 1 rings (SSSR count). The second kappa shape index (κ2) is 5.67. The first-order valence-corrected chi connectivity index (χ1v) is 6.44. The van der Waals surface area contributed by atoms with Gasteiger partial charge in [-0.3, -0.25) is 9.69 Å². The number of hydrogen-bond donors (Lipinski definition) is 0. The second-order valence-corrected chi connectivity index (χ2v) is 5.44. The molecule has 0 saturated carbocycles. The zero-order valence-corrected chi connectivity index (χ0v) is 11.4. The van der Waals surface area contributed by atoms with Crippen LogP contribution in [0.5, 0.6) is 0 Å². The van der Waals surface area contributed by atoms with Crippen LogP contribution in [0.3, 0.4) is 0 Å². The van der Waals surface area contributed by atoms with Gasteiger partial charge in [-0.1, -0.05) is 13.8 Å². The van der Waals surface area contributed by atoms with Gasteiger partial charge < -0.3 is 4.90 Å². The van der Waals surface area contributed by atoms with Gasteiger partial charge in [0.25, 0.3) is 0 Å². The van der Waals surface area contributed by atoms with E-state index >= 15 is 0 Å². The van der Waals surface area contributed by atoms with Gasteiger partial charge in [-0.25, -0.2) is 0 Å². The summed E-state index contributed by atoms with van der Waals surface area (Å²) >= 11 is 0. The van der Waals surface area contributed by atoms with Gasteiger partial charge in [0, 0.05) is 38.6 Å². The lowest BCUT2D eigenvalue weighted by Gasteiger charge is -2.35. The zero-order chi connectivity index (χ0) is 12.3. The summed E-state index contributed by atoms with van der Waals surface area (Å²) in [5, 5.41) is 0. The van der Waals surface area contributed by atoms with Crippen molar-refractivity contribution < 1.29 is 4.79 Å². The SMILES string of the molecule is CC(=O)N1CCC(C(C)C)N(C(C)C)CC1. The first-order valence-electron chi connectivity index (χ1n) is 6.44. The van der Waals surface area contributed by atoms with Crippen molar-refractivity contribution in [1.82, 2.24) is 9.80 Å². The van der Waals surface area contributed by atoms with Crippen LogP contribution in [0.25, 0.3) is 0 Å². The lowest BCUT2D eigenvalue weighted by Crippen LogP contribution is -2.44. The average Bonchev–Trinajstić information content (AvgIpc) is 2.38. The molecule has 1 fully saturated rings. The monoisotopic (exact) mass is 226 g/mol. The third kappa shape index (κ3) is 3.21. The fourth-order valence-corrected chi connectivity index (χ4v) is 2.64. The molecule has 0 radical (unpaired) electrons. The van der Waals surface area contributed by atoms with Crippen molar-refractivity contribution in [3.63, 3.8) is 0 Å². The number of rotatable bonds is 2. The highest BCUT2D eigenvalue weighted by atomic mass is 16.2. The molecule has 1 aliphatic heterocycles. The molecule has 94 valence electrons. The van der Waals surface area contributed by atoms with Crippen LogP contribution in [0.1, 0.15) is 41.0 Å². The van der Waals surface area contributed by atoms with Crippen LogP contribution < -0.4 is 0 Å². The minimum absolute atomic E-state index is 0.216. The van der Waals surface area contributed by atoms with Crippen molar-refractivity contribution in [2.75, 3.05) is 19.6 Å². The summed E-state index contributed by atoms with van der Waals surface area (Å²) in [5.74, 6) is 0.877. The molecule has 3 heteroatoms. The van der Waals surface area contributed by atoms with Crippen molar-refractivity contribution >= 4 is 5.91 Å². The summed E-state index contributed by atoms with van der Waals surface area (Å²) < 4.78 is 0. The van der Waals surface area contributed by atoms with Gasteiger partial charge in [-0.15, -0.1) is 0 Å². The fourth-order valence-electron chi connectivity index (χ4n) is 2.64. The molecule has 1 saturated heterocycles. The maximum absolute atomic E-state index is 11.4. The van der Waals surface area contributed by atoms with Crippen LogP contribution in [0.4, 0.5) is 0 Å². The van der Waals surface area contributed by atoms with Gasteiger partial charge in [-0.2, -0.15) is 0 Å². The van der Waals surface area contributed by atoms with Gasteiger partial charge in [0.2, 0.25) is 5.91 Å². The Bertz CT molecular complexity index is 220. The molecule has 1 unspecified atom stereocenters. The predicted octanol–water partition coefficient (Wildman–Crippen LogP) is 1.97. The third-order valence-electron chi connectivity index (χ3n) is 3.63. The largest absolute Gasteiger partial charge is 0.342 e. The van der Waals surface area contributed by atoms with E-state index < -0.39 is 0 Å². The Labute approximate surface area is 99.8 Å². The minimum atomic E-state index is 0.216. The van der Waals surface area contributed by atoms with E-state index in [4.69, 9.17) is 0 Å². The molecule has 16 heavy (non-hydrogen) atoms. The molecular weight excluding hydrogens is 200 g/mol. The quantitative estimate of drug-likeness (QED) is 0.719. The Balaban J connectivity index is 2.72. The van der Waals surface area contributed by atoms with Crippen LogP contribution in [0.2, 0.25) is 0 Å². The molecule has 0 bridgehead atoms. The number of amides is 1. The summed E-state index contributed by atoms with van der Waals surface area (Å²) in [5.41, 5.74) is 0. The lowest BCUT2D eigenvalue weighted by atomic mass is 9.98. The molecule has 0 aromatic carbocycles. The topological polar surface area (TPSA) is 23.6 Å². The summed E-state index contributed by atoms with van der Waals surface area (Å²) in [6, 6.07) is 1.18. The molecule has 3 nitrogen and oxygen atoms in total. The molecule has 1 heterocycles. The first kappa shape index (κ1) is 13.5. The molecule has 1 aliphatic rings. The van der Waals surface area contributed by atoms with Crippen molar-refractivity contribution in [2.45, 2.75) is 53.1 Å². The number of nitrogens with zero attached hydrogens (tertiary/aromatic N) is 2. The van der Waals surface area contributed by atoms with E-state index in [1.54, 1.807) is 6.92 Å². The van der Waals surface area contributed by atoms with Crippen LogP contribution in [0, 0.1) is 5.92 Å². The van der Waals surface area contributed by atoms with E-state index in [1.165, 1.54) is 0 Å². The van der Waals surface area contributed by atoms with Crippen LogP contribution >= 0.6 is 0 Å². The molecule has 0 aromatic rings. The summed E-state index contributed by atoms with van der Waals surface area (Å²) in [6.45, 7) is 13.6. The van der Waals surface area contributed by atoms with E-state index in [9.17, 15) is 4.79 Å². The van der Waals surface area contributed by atoms with E-state index in [-0.39, 0.29) is 5.91 Å². The predicted molar refractivity (Wildman–Crippen MR) is 67.3 cm³/mol. The molecule has 0 aliphatic carbocycles. The summed E-state index contributed by atoms with van der Waals surface area (Å²) in [4.78, 5) is 15.9. The maximum atomic E-state index is 11.4. The third-order valence-corrected chi connectivity index (χ3v) is 3.63. The highest BCUT2D eigenvalue weighted by Crippen LogP contribution is 2.20. The molecule has 1 atom stereocenters. The van der Waals surface area contributed by atoms with Crippen molar-refractivity contribution in [3.05, 3.63) is 0 Å². The molecule has 1 amide bonds. The van der Waals surface area contributed by atoms with Crippen LogP contribution in [-0.4, -0.2) is 47.4 Å². The van der Waals surface area contributed by atoms with Crippen LogP contribution in [-0.2, 0) is 4.79 Å². The smallest absolute Gasteiger partial charge is 0.219 e. The van der Waals surface area contributed by atoms with Crippen molar-refractivity contribution in [3.8, 4) is 0 Å². The minimum Gasteiger partial charge on any atom is -0.342 e. The van der Waals surface area contributed by atoms with Gasteiger partial charge in [0.05, 0.1) is 0 Å². The fraction of sp³-hybridized carbons (Fsp3) is 0.923. The molecule has 0 N–H and O–H groups in total. The van der Waals surface area contributed by atoms with Gasteiger partial charge in [0.1, 0.15) is 0 Å². The van der Waals surface area contributed by atoms with Crippen LogP contribution in [0.15, 0.2) is 0 Å². The van der Waals surface area contributed by atoms with E-state index in [0.717, 1.165) is 26.1 Å². The van der Waals surface area contributed by atoms with Gasteiger partial charge in [0.15, 0.2) is 0 Å². The highest BCUT2D eigenvalue weighted by Gasteiger charge is 2.28. The standard InChI is InChI=1S/C13H26N2O/c1-10(2)13-6-7-14(12(5)16)8-9-15(13)11(3)4/h10-11,13H,6-9H2,1-5H3. The van der Waals surface area contributed by atoms with E-state index in [1.807, 2.05) is 4.90 Å².